The number of anilines is 1. The van der Waals surface area contributed by atoms with Crippen LogP contribution in [0.1, 0.15) is 45.6 Å². The van der Waals surface area contributed by atoms with E-state index in [2.05, 4.69) is 21.9 Å². The lowest BCUT2D eigenvalue weighted by Crippen LogP contribution is -2.40. The molecule has 1 aromatic carbocycles. The third-order valence-electron chi connectivity index (χ3n) is 3.45. The summed E-state index contributed by atoms with van der Waals surface area (Å²) >= 11 is 0. The second kappa shape index (κ2) is 10.9. The summed E-state index contributed by atoms with van der Waals surface area (Å²) in [4.78, 5) is 34.6. The van der Waals surface area contributed by atoms with E-state index in [-0.39, 0.29) is 6.03 Å². The van der Waals surface area contributed by atoms with Gasteiger partial charge in [-0.15, -0.1) is 6.42 Å². The number of unbranched alkanes of at least 4 members (excludes halogenated alkanes) is 1. The molecule has 7 heteroatoms. The number of hydrogen-bond donors (Lipinski definition) is 3. The topological polar surface area (TPSA) is 96.5 Å². The number of benzene rings is 1. The van der Waals surface area contributed by atoms with Crippen molar-refractivity contribution in [1.29, 1.82) is 0 Å². The van der Waals surface area contributed by atoms with Gasteiger partial charge in [0, 0.05) is 17.8 Å². The number of terminal acetylenes is 1. The van der Waals surface area contributed by atoms with Crippen LogP contribution >= 0.6 is 0 Å². The number of carbonyl (C=O) groups excluding carboxylic acids is 3. The minimum Gasteiger partial charge on any atom is -0.458 e. The number of rotatable bonds is 9. The third kappa shape index (κ3) is 9.31. The maximum Gasteiger partial charge on any atom is 0.329 e. The summed E-state index contributed by atoms with van der Waals surface area (Å²) in [7, 11) is 0. The molecule has 0 aliphatic heterocycles. The molecule has 0 bridgehead atoms. The number of hydrogen-bond acceptors (Lipinski definition) is 4. The van der Waals surface area contributed by atoms with E-state index >= 15 is 0 Å². The number of amides is 3. The summed E-state index contributed by atoms with van der Waals surface area (Å²) in [5.74, 6) is 2.04. The van der Waals surface area contributed by atoms with E-state index < -0.39 is 17.6 Å². The average Bonchev–Trinajstić information content (AvgIpc) is 2.59. The highest BCUT2D eigenvalue weighted by atomic mass is 16.6. The number of esters is 1. The lowest BCUT2D eigenvalue weighted by molar-refractivity contribution is -0.158. The van der Waals surface area contributed by atoms with Crippen molar-refractivity contribution in [1.82, 2.24) is 10.6 Å². The van der Waals surface area contributed by atoms with Crippen molar-refractivity contribution in [2.45, 2.75) is 51.7 Å². The Morgan fingerprint density at radius 1 is 1.30 bits per heavy atom. The molecule has 1 atom stereocenters. The Balaban J connectivity index is 2.32. The van der Waals surface area contributed by atoms with Gasteiger partial charge in [-0.2, -0.15) is 0 Å². The van der Waals surface area contributed by atoms with E-state index in [0.29, 0.717) is 43.5 Å². The van der Waals surface area contributed by atoms with Gasteiger partial charge in [-0.1, -0.05) is 12.0 Å². The van der Waals surface area contributed by atoms with Crippen LogP contribution in [-0.4, -0.2) is 36.6 Å². The Morgan fingerprint density at radius 2 is 2.04 bits per heavy atom. The molecule has 1 aromatic rings. The molecule has 0 fully saturated rings. The zero-order valence-corrected chi connectivity index (χ0v) is 16.0. The first-order valence-corrected chi connectivity index (χ1v) is 8.79. The third-order valence-corrected chi connectivity index (χ3v) is 3.45. The van der Waals surface area contributed by atoms with Crippen LogP contribution in [0, 0.1) is 12.3 Å². The van der Waals surface area contributed by atoms with Gasteiger partial charge in [0.25, 0.3) is 0 Å². The van der Waals surface area contributed by atoms with Crippen LogP contribution in [-0.2, 0) is 14.3 Å². The van der Waals surface area contributed by atoms with E-state index in [1.54, 1.807) is 45.0 Å². The van der Waals surface area contributed by atoms with Crippen molar-refractivity contribution in [3.63, 3.8) is 0 Å². The molecule has 1 rings (SSSR count). The summed E-state index contributed by atoms with van der Waals surface area (Å²) in [6.45, 7) is 5.74. The van der Waals surface area contributed by atoms with Crippen molar-refractivity contribution in [2.24, 2.45) is 0 Å². The van der Waals surface area contributed by atoms with Gasteiger partial charge in [-0.05, 0) is 58.2 Å². The smallest absolute Gasteiger partial charge is 0.329 e. The van der Waals surface area contributed by atoms with Crippen LogP contribution in [0.3, 0.4) is 0 Å². The van der Waals surface area contributed by atoms with Crippen LogP contribution in [0.2, 0.25) is 0 Å². The standard InChI is InChI=1S/C20H27N3O4/c1-5-15-9-8-10-16(13-15)23-19(26)21-12-7-6-11-17(22-14-24)18(25)27-20(2,3)4/h1,8-10,13-14,17H,6-7,11-12H2,2-4H3,(H,22,24)(H2,21,23,26). The average molecular weight is 373 g/mol. The molecule has 0 saturated heterocycles. The van der Waals surface area contributed by atoms with Crippen LogP contribution in [0.25, 0.3) is 0 Å². The fourth-order valence-electron chi connectivity index (χ4n) is 2.26. The normalized spacial score (nSPS) is 11.6. The van der Waals surface area contributed by atoms with E-state index in [1.165, 1.54) is 0 Å². The van der Waals surface area contributed by atoms with Crippen molar-refractivity contribution in [2.75, 3.05) is 11.9 Å². The van der Waals surface area contributed by atoms with E-state index in [0.717, 1.165) is 0 Å². The maximum atomic E-state index is 12.0. The van der Waals surface area contributed by atoms with Gasteiger partial charge in [0.2, 0.25) is 6.41 Å². The zero-order valence-electron chi connectivity index (χ0n) is 16.0. The van der Waals surface area contributed by atoms with Crippen LogP contribution < -0.4 is 16.0 Å². The van der Waals surface area contributed by atoms with E-state index in [9.17, 15) is 14.4 Å². The Morgan fingerprint density at radius 3 is 2.67 bits per heavy atom. The molecule has 0 aliphatic carbocycles. The molecule has 7 nitrogen and oxygen atoms in total. The quantitative estimate of drug-likeness (QED) is 0.268. The van der Waals surface area contributed by atoms with Gasteiger partial charge in [-0.3, -0.25) is 4.79 Å². The van der Waals surface area contributed by atoms with Crippen molar-refractivity contribution in [3.8, 4) is 12.3 Å². The first kappa shape index (κ1) is 22.0. The molecule has 1 unspecified atom stereocenters. The Labute approximate surface area is 160 Å². The SMILES string of the molecule is C#Cc1cccc(NC(=O)NCCCCC(NC=O)C(=O)OC(C)(C)C)c1. The Hall–Kier alpha value is -3.01. The van der Waals surface area contributed by atoms with Gasteiger partial charge < -0.3 is 20.7 Å². The van der Waals surface area contributed by atoms with Crippen molar-refractivity contribution >= 4 is 24.1 Å². The highest BCUT2D eigenvalue weighted by Gasteiger charge is 2.24. The second-order valence-corrected chi connectivity index (χ2v) is 6.97. The van der Waals surface area contributed by atoms with Gasteiger partial charge >= 0.3 is 12.0 Å². The van der Waals surface area contributed by atoms with Gasteiger partial charge in [0.15, 0.2) is 0 Å². The summed E-state index contributed by atoms with van der Waals surface area (Å²) in [6.07, 6.45) is 7.54. The van der Waals surface area contributed by atoms with Gasteiger partial charge in [0.1, 0.15) is 11.6 Å². The lowest BCUT2D eigenvalue weighted by atomic mass is 10.1. The highest BCUT2D eigenvalue weighted by molar-refractivity contribution is 5.89. The number of ether oxygens (including phenoxy) is 1. The molecule has 3 amide bonds. The number of urea groups is 1. The molecule has 0 heterocycles. The van der Waals surface area contributed by atoms with E-state index in [4.69, 9.17) is 11.2 Å². The lowest BCUT2D eigenvalue weighted by Gasteiger charge is -2.23. The molecule has 27 heavy (non-hydrogen) atoms. The van der Waals surface area contributed by atoms with Crippen LogP contribution in [0.15, 0.2) is 24.3 Å². The Kier molecular flexibility index (Phi) is 8.86. The monoisotopic (exact) mass is 373 g/mol. The molecule has 0 aromatic heterocycles. The minimum absolute atomic E-state index is 0.334. The van der Waals surface area contributed by atoms with Gasteiger partial charge in [-0.25, -0.2) is 9.59 Å². The fourth-order valence-corrected chi connectivity index (χ4v) is 2.26. The molecule has 3 N–H and O–H groups in total. The highest BCUT2D eigenvalue weighted by Crippen LogP contribution is 2.11. The molecular weight excluding hydrogens is 346 g/mol. The molecule has 146 valence electrons. The molecule has 0 spiro atoms. The van der Waals surface area contributed by atoms with Crippen molar-refractivity contribution < 1.29 is 19.1 Å². The summed E-state index contributed by atoms with van der Waals surface area (Å²) < 4.78 is 5.28. The number of carbonyl (C=O) groups is 3. The molecule has 0 aliphatic rings. The predicted octanol–water partition coefficient (Wildman–Crippen LogP) is 2.42. The van der Waals surface area contributed by atoms with Crippen LogP contribution in [0.4, 0.5) is 10.5 Å². The zero-order chi connectivity index (χ0) is 20.3. The summed E-state index contributed by atoms with van der Waals surface area (Å²) in [5, 5.41) is 7.91. The Bertz CT molecular complexity index is 689. The second-order valence-electron chi connectivity index (χ2n) is 6.97. The summed E-state index contributed by atoms with van der Waals surface area (Å²) in [5.41, 5.74) is 0.683. The largest absolute Gasteiger partial charge is 0.458 e. The maximum absolute atomic E-state index is 12.0. The van der Waals surface area contributed by atoms with Gasteiger partial charge in [0.05, 0.1) is 0 Å². The van der Waals surface area contributed by atoms with Crippen LogP contribution in [0.5, 0.6) is 0 Å². The summed E-state index contributed by atoms with van der Waals surface area (Å²) in [6, 6.07) is 5.97. The molecular formula is C20H27N3O4. The van der Waals surface area contributed by atoms with E-state index in [1.807, 2.05) is 0 Å². The number of nitrogens with one attached hydrogen (secondary N) is 3. The minimum atomic E-state index is -0.693. The first-order chi connectivity index (χ1) is 12.7. The molecule has 0 radical (unpaired) electrons. The van der Waals surface area contributed by atoms with Crippen molar-refractivity contribution in [3.05, 3.63) is 29.8 Å². The fraction of sp³-hybridized carbons (Fsp3) is 0.450. The predicted molar refractivity (Wildman–Crippen MR) is 104 cm³/mol. The molecule has 0 saturated carbocycles. The first-order valence-electron chi connectivity index (χ1n) is 8.79.